The monoisotopic (exact) mass is 231 g/mol. The third-order valence-electron chi connectivity index (χ3n) is 1.91. The molecule has 0 aromatic carbocycles. The highest BCUT2D eigenvalue weighted by Crippen LogP contribution is 2.30. The molecule has 6 heteroatoms. The van der Waals surface area contributed by atoms with Gasteiger partial charge in [-0.1, -0.05) is 11.6 Å². The highest BCUT2D eigenvalue weighted by Gasteiger charge is 2.18. The molecule has 0 spiro atoms. The Bertz CT molecular complexity index is 401. The smallest absolute Gasteiger partial charge is 0.266 e. The summed E-state index contributed by atoms with van der Waals surface area (Å²) in [7, 11) is 0. The molecule has 0 fully saturated rings. The van der Waals surface area contributed by atoms with Crippen LogP contribution in [0.5, 0.6) is 0 Å². The molecular formula is C9H8ClF2N3. The number of nitrogens with two attached hydrogens (primary N) is 1. The molecule has 80 valence electrons. The van der Waals surface area contributed by atoms with Crippen molar-refractivity contribution in [3.63, 3.8) is 0 Å². The van der Waals surface area contributed by atoms with E-state index in [4.69, 9.17) is 22.6 Å². The summed E-state index contributed by atoms with van der Waals surface area (Å²) in [5.41, 5.74) is 5.67. The van der Waals surface area contributed by atoms with Crippen LogP contribution in [0.1, 0.15) is 23.2 Å². The first-order chi connectivity index (χ1) is 7.11. The average Bonchev–Trinajstić information content (AvgIpc) is 2.20. The highest BCUT2D eigenvalue weighted by atomic mass is 35.5. The Balaban J connectivity index is 3.30. The van der Waals surface area contributed by atoms with Crippen molar-refractivity contribution in [1.82, 2.24) is 4.98 Å². The normalized spacial score (nSPS) is 10.4. The Morgan fingerprint density at radius 2 is 2.27 bits per heavy atom. The highest BCUT2D eigenvalue weighted by molar-refractivity contribution is 6.32. The first kappa shape index (κ1) is 11.8. The molecule has 0 aliphatic carbocycles. The molecule has 0 amide bonds. The van der Waals surface area contributed by atoms with E-state index in [1.54, 1.807) is 0 Å². The molecular weight excluding hydrogens is 224 g/mol. The lowest BCUT2D eigenvalue weighted by atomic mass is 10.1. The molecule has 0 atom stereocenters. The predicted octanol–water partition coefficient (Wildman–Crippen LogP) is 2.20. The zero-order valence-corrected chi connectivity index (χ0v) is 8.43. The lowest BCUT2D eigenvalue weighted by molar-refractivity contribution is 0.151. The fourth-order valence-corrected chi connectivity index (χ4v) is 1.48. The van der Waals surface area contributed by atoms with E-state index in [1.165, 1.54) is 0 Å². The summed E-state index contributed by atoms with van der Waals surface area (Å²) in [6.45, 7) is 0.0697. The van der Waals surface area contributed by atoms with Crippen LogP contribution in [0.25, 0.3) is 0 Å². The van der Waals surface area contributed by atoms with Crippen molar-refractivity contribution in [3.05, 3.63) is 28.0 Å². The molecule has 3 nitrogen and oxygen atoms in total. The van der Waals surface area contributed by atoms with Gasteiger partial charge in [0.05, 0.1) is 28.8 Å². The summed E-state index contributed by atoms with van der Waals surface area (Å²) >= 11 is 5.74. The van der Waals surface area contributed by atoms with Gasteiger partial charge in [-0.15, -0.1) is 0 Å². The number of halogens is 3. The van der Waals surface area contributed by atoms with Crippen molar-refractivity contribution in [2.75, 3.05) is 0 Å². The minimum Gasteiger partial charge on any atom is -0.325 e. The maximum Gasteiger partial charge on any atom is 0.266 e. The molecule has 0 aliphatic heterocycles. The second-order valence-electron chi connectivity index (χ2n) is 2.79. The second kappa shape index (κ2) is 5.01. The molecule has 0 bridgehead atoms. The van der Waals surface area contributed by atoms with E-state index in [-0.39, 0.29) is 23.6 Å². The number of rotatable bonds is 3. The van der Waals surface area contributed by atoms with Crippen LogP contribution < -0.4 is 5.73 Å². The lowest BCUT2D eigenvalue weighted by Gasteiger charge is -2.09. The van der Waals surface area contributed by atoms with Crippen LogP contribution in [-0.4, -0.2) is 4.98 Å². The maximum atomic E-state index is 12.4. The quantitative estimate of drug-likeness (QED) is 0.867. The Morgan fingerprint density at radius 3 is 2.73 bits per heavy atom. The number of aromatic nitrogens is 1. The summed E-state index contributed by atoms with van der Waals surface area (Å²) in [6, 6.07) is 1.84. The van der Waals surface area contributed by atoms with Gasteiger partial charge in [-0.25, -0.2) is 8.78 Å². The van der Waals surface area contributed by atoms with Gasteiger partial charge < -0.3 is 5.73 Å². The zero-order valence-electron chi connectivity index (χ0n) is 7.67. The number of nitrogens with zero attached hydrogens (tertiary/aromatic N) is 2. The van der Waals surface area contributed by atoms with Gasteiger partial charge in [-0.2, -0.15) is 5.26 Å². The summed E-state index contributed by atoms with van der Waals surface area (Å²) in [4.78, 5) is 3.76. The van der Waals surface area contributed by atoms with Crippen LogP contribution in [0.15, 0.2) is 6.20 Å². The van der Waals surface area contributed by atoms with Crippen molar-refractivity contribution in [3.8, 4) is 6.07 Å². The van der Waals surface area contributed by atoms with E-state index in [0.717, 1.165) is 6.20 Å². The summed E-state index contributed by atoms with van der Waals surface area (Å²) < 4.78 is 24.9. The largest absolute Gasteiger partial charge is 0.325 e. The van der Waals surface area contributed by atoms with Gasteiger partial charge in [0.15, 0.2) is 0 Å². The fourth-order valence-electron chi connectivity index (χ4n) is 1.17. The number of alkyl halides is 2. The fraction of sp³-hybridized carbons (Fsp3) is 0.333. The second-order valence-corrected chi connectivity index (χ2v) is 3.17. The molecule has 0 unspecified atom stereocenters. The first-order valence-corrected chi connectivity index (χ1v) is 4.51. The standard InChI is InChI=1S/C9H8ClF2N3/c10-8-5(1-2-13)7(3-14)15-4-6(8)9(11)12/h4,9H,1,3,14H2. The minimum absolute atomic E-state index is 0.0697. The number of hydrogen-bond donors (Lipinski definition) is 1. The van der Waals surface area contributed by atoms with E-state index in [0.29, 0.717) is 11.3 Å². The molecule has 1 heterocycles. The van der Waals surface area contributed by atoms with Crippen molar-refractivity contribution in [2.45, 2.75) is 19.4 Å². The van der Waals surface area contributed by atoms with E-state index >= 15 is 0 Å². The van der Waals surface area contributed by atoms with Crippen LogP contribution in [0.2, 0.25) is 5.02 Å². The molecule has 0 saturated heterocycles. The molecule has 0 radical (unpaired) electrons. The van der Waals surface area contributed by atoms with Crippen LogP contribution in [0, 0.1) is 11.3 Å². The van der Waals surface area contributed by atoms with Crippen LogP contribution in [0.4, 0.5) is 8.78 Å². The van der Waals surface area contributed by atoms with Gasteiger partial charge in [0.25, 0.3) is 6.43 Å². The zero-order chi connectivity index (χ0) is 11.4. The molecule has 1 aromatic heterocycles. The molecule has 1 rings (SSSR count). The third-order valence-corrected chi connectivity index (χ3v) is 2.36. The third kappa shape index (κ3) is 2.41. The van der Waals surface area contributed by atoms with Gasteiger partial charge in [0.1, 0.15) is 0 Å². The van der Waals surface area contributed by atoms with Gasteiger partial charge >= 0.3 is 0 Å². The Kier molecular flexibility index (Phi) is 3.95. The van der Waals surface area contributed by atoms with Crippen molar-refractivity contribution >= 4 is 11.6 Å². The molecule has 0 saturated carbocycles. The summed E-state index contributed by atoms with van der Waals surface area (Å²) in [6.07, 6.45) is -1.77. The van der Waals surface area contributed by atoms with E-state index < -0.39 is 6.43 Å². The Morgan fingerprint density at radius 1 is 1.60 bits per heavy atom. The lowest BCUT2D eigenvalue weighted by Crippen LogP contribution is -2.07. The maximum absolute atomic E-state index is 12.4. The molecule has 2 N–H and O–H groups in total. The SMILES string of the molecule is N#CCc1c(CN)ncc(C(F)F)c1Cl. The van der Waals surface area contributed by atoms with Gasteiger partial charge in [-0.05, 0) is 0 Å². The Hall–Kier alpha value is -1.25. The van der Waals surface area contributed by atoms with Gasteiger partial charge in [0.2, 0.25) is 0 Å². The number of pyridine rings is 1. The van der Waals surface area contributed by atoms with Crippen molar-refractivity contribution in [2.24, 2.45) is 5.73 Å². The number of hydrogen-bond acceptors (Lipinski definition) is 3. The van der Waals surface area contributed by atoms with Crippen molar-refractivity contribution < 1.29 is 8.78 Å². The summed E-state index contributed by atoms with van der Waals surface area (Å²) in [5.74, 6) is 0. The van der Waals surface area contributed by atoms with Crippen LogP contribution in [-0.2, 0) is 13.0 Å². The van der Waals surface area contributed by atoms with Gasteiger partial charge in [-0.3, -0.25) is 4.98 Å². The van der Waals surface area contributed by atoms with Crippen LogP contribution in [0.3, 0.4) is 0 Å². The van der Waals surface area contributed by atoms with Crippen molar-refractivity contribution in [1.29, 1.82) is 5.26 Å². The predicted molar refractivity (Wildman–Crippen MR) is 51.4 cm³/mol. The first-order valence-electron chi connectivity index (χ1n) is 4.13. The van der Waals surface area contributed by atoms with E-state index in [9.17, 15) is 8.78 Å². The van der Waals surface area contributed by atoms with Gasteiger partial charge in [0, 0.05) is 18.3 Å². The number of nitriles is 1. The summed E-state index contributed by atoms with van der Waals surface area (Å²) in [5, 5.41) is 8.42. The Labute approximate surface area is 90.5 Å². The molecule has 15 heavy (non-hydrogen) atoms. The molecule has 0 aliphatic rings. The average molecular weight is 232 g/mol. The molecule has 1 aromatic rings. The topological polar surface area (TPSA) is 62.7 Å². The minimum atomic E-state index is -2.70. The van der Waals surface area contributed by atoms with E-state index in [2.05, 4.69) is 4.98 Å². The van der Waals surface area contributed by atoms with E-state index in [1.807, 2.05) is 6.07 Å². The van der Waals surface area contributed by atoms with Crippen LogP contribution >= 0.6 is 11.6 Å².